The lowest BCUT2D eigenvalue weighted by Gasteiger charge is -2.14. The molecule has 0 radical (unpaired) electrons. The van der Waals surface area contributed by atoms with Crippen molar-refractivity contribution in [3.8, 4) is 16.9 Å². The number of carbonyl (C=O) groups is 1. The van der Waals surface area contributed by atoms with Crippen molar-refractivity contribution in [2.45, 2.75) is 40.2 Å². The van der Waals surface area contributed by atoms with Crippen LogP contribution < -0.4 is 5.32 Å². The highest BCUT2D eigenvalue weighted by Crippen LogP contribution is 2.25. The summed E-state index contributed by atoms with van der Waals surface area (Å²) < 4.78 is 1.61. The third-order valence-corrected chi connectivity index (χ3v) is 4.97. The minimum absolute atomic E-state index is 0.0871. The summed E-state index contributed by atoms with van der Waals surface area (Å²) in [4.78, 5) is 26.1. The average molecular weight is 429 g/mol. The summed E-state index contributed by atoms with van der Waals surface area (Å²) >= 11 is 0. The van der Waals surface area contributed by atoms with Crippen molar-refractivity contribution in [3.63, 3.8) is 0 Å². The summed E-state index contributed by atoms with van der Waals surface area (Å²) in [5, 5.41) is 15.0. The Hall–Kier alpha value is -4.01. The molecule has 162 valence electrons. The lowest BCUT2D eigenvalue weighted by molar-refractivity contribution is 0.0950. The van der Waals surface area contributed by atoms with E-state index in [4.69, 9.17) is 0 Å². The lowest BCUT2D eigenvalue weighted by atomic mass is 10.0. The summed E-state index contributed by atoms with van der Waals surface area (Å²) in [6.45, 7) is 8.11. The Morgan fingerprint density at radius 2 is 1.81 bits per heavy atom. The van der Waals surface area contributed by atoms with Gasteiger partial charge in [-0.05, 0) is 48.0 Å². The van der Waals surface area contributed by atoms with Crippen molar-refractivity contribution in [2.75, 3.05) is 0 Å². The molecule has 0 bridgehead atoms. The van der Waals surface area contributed by atoms with Gasteiger partial charge in [-0.2, -0.15) is 4.68 Å². The number of aromatic nitrogens is 7. The Kier molecular flexibility index (Phi) is 5.98. The molecule has 32 heavy (non-hydrogen) atoms. The molecule has 0 spiro atoms. The molecule has 9 heteroatoms. The van der Waals surface area contributed by atoms with Gasteiger partial charge in [-0.1, -0.05) is 26.0 Å². The van der Waals surface area contributed by atoms with E-state index in [2.05, 4.69) is 35.8 Å². The maximum atomic E-state index is 13.3. The molecule has 0 aliphatic rings. The summed E-state index contributed by atoms with van der Waals surface area (Å²) in [5.41, 5.74) is 4.55. The molecule has 0 saturated carbocycles. The zero-order chi connectivity index (χ0) is 22.7. The Morgan fingerprint density at radius 1 is 1.03 bits per heavy atom. The third kappa shape index (κ3) is 4.51. The van der Waals surface area contributed by atoms with Crippen LogP contribution in [0.1, 0.15) is 52.9 Å². The molecule has 0 saturated heterocycles. The third-order valence-electron chi connectivity index (χ3n) is 4.97. The van der Waals surface area contributed by atoms with Gasteiger partial charge in [-0.3, -0.25) is 9.78 Å². The molecule has 0 aliphatic carbocycles. The van der Waals surface area contributed by atoms with E-state index < -0.39 is 0 Å². The van der Waals surface area contributed by atoms with Crippen molar-refractivity contribution >= 4 is 5.91 Å². The van der Waals surface area contributed by atoms with Crippen molar-refractivity contribution in [3.05, 3.63) is 77.3 Å². The van der Waals surface area contributed by atoms with Gasteiger partial charge in [0.2, 0.25) is 0 Å². The standard InChI is InChI=1S/C23H24N8O/c1-14(2)22-28-29-30-31(22)21-8-6-18(20-7-5-15(3)10-26-20)9-19(21)23(32)27-13-17-11-24-16(4)25-12-17/h5-12,14H,13H2,1-4H3,(H,27,32). The van der Waals surface area contributed by atoms with Crippen LogP contribution in [0.25, 0.3) is 16.9 Å². The topological polar surface area (TPSA) is 111 Å². The minimum atomic E-state index is -0.250. The van der Waals surface area contributed by atoms with E-state index in [0.29, 0.717) is 29.4 Å². The van der Waals surface area contributed by atoms with E-state index >= 15 is 0 Å². The fourth-order valence-electron chi connectivity index (χ4n) is 3.21. The quantitative estimate of drug-likeness (QED) is 0.502. The summed E-state index contributed by atoms with van der Waals surface area (Å²) in [7, 11) is 0. The van der Waals surface area contributed by atoms with E-state index in [-0.39, 0.29) is 11.8 Å². The Morgan fingerprint density at radius 3 is 2.50 bits per heavy atom. The van der Waals surface area contributed by atoms with Crippen LogP contribution in [0, 0.1) is 13.8 Å². The maximum Gasteiger partial charge on any atom is 0.253 e. The predicted molar refractivity (Wildman–Crippen MR) is 119 cm³/mol. The van der Waals surface area contributed by atoms with Gasteiger partial charge in [0.1, 0.15) is 5.82 Å². The molecule has 1 N–H and O–H groups in total. The van der Waals surface area contributed by atoms with E-state index in [1.54, 1.807) is 23.3 Å². The number of amides is 1. The van der Waals surface area contributed by atoms with Gasteiger partial charge in [-0.25, -0.2) is 9.97 Å². The zero-order valence-corrected chi connectivity index (χ0v) is 18.4. The highest BCUT2D eigenvalue weighted by molar-refractivity contribution is 5.99. The second-order valence-corrected chi connectivity index (χ2v) is 7.88. The first-order valence-corrected chi connectivity index (χ1v) is 10.3. The number of tetrazole rings is 1. The summed E-state index contributed by atoms with van der Waals surface area (Å²) in [6, 6.07) is 9.52. The van der Waals surface area contributed by atoms with E-state index in [1.165, 1.54) is 0 Å². The number of hydrogen-bond acceptors (Lipinski definition) is 7. The highest BCUT2D eigenvalue weighted by Gasteiger charge is 2.20. The molecule has 3 aromatic heterocycles. The van der Waals surface area contributed by atoms with Gasteiger partial charge >= 0.3 is 0 Å². The lowest BCUT2D eigenvalue weighted by Crippen LogP contribution is -2.25. The first kappa shape index (κ1) is 21.2. The van der Waals surface area contributed by atoms with E-state index in [1.807, 2.05) is 58.0 Å². The monoisotopic (exact) mass is 428 g/mol. The SMILES string of the molecule is Cc1ccc(-c2ccc(-n3nnnc3C(C)C)c(C(=O)NCc3cnc(C)nc3)c2)nc1. The van der Waals surface area contributed by atoms with Gasteiger partial charge in [0.25, 0.3) is 5.91 Å². The van der Waals surface area contributed by atoms with Gasteiger partial charge in [0.05, 0.1) is 16.9 Å². The predicted octanol–water partition coefficient (Wildman–Crippen LogP) is 3.18. The molecule has 3 heterocycles. The molecule has 4 rings (SSSR count). The van der Waals surface area contributed by atoms with Gasteiger partial charge in [0, 0.05) is 42.2 Å². The first-order chi connectivity index (χ1) is 15.4. The number of benzene rings is 1. The van der Waals surface area contributed by atoms with Crippen LogP contribution in [0.4, 0.5) is 0 Å². The Bertz CT molecular complexity index is 1230. The second-order valence-electron chi connectivity index (χ2n) is 7.88. The fraction of sp³-hybridized carbons (Fsp3) is 0.261. The molecule has 1 amide bonds. The van der Waals surface area contributed by atoms with Crippen molar-refractivity contribution in [2.24, 2.45) is 0 Å². The number of nitrogens with zero attached hydrogens (tertiary/aromatic N) is 7. The van der Waals surface area contributed by atoms with Crippen LogP contribution in [-0.2, 0) is 6.54 Å². The van der Waals surface area contributed by atoms with E-state index in [0.717, 1.165) is 22.4 Å². The number of pyridine rings is 1. The van der Waals surface area contributed by atoms with Crippen molar-refractivity contribution in [1.29, 1.82) is 0 Å². The minimum Gasteiger partial charge on any atom is -0.348 e. The van der Waals surface area contributed by atoms with Crippen LogP contribution in [-0.4, -0.2) is 41.1 Å². The number of aryl methyl sites for hydroxylation is 2. The molecule has 9 nitrogen and oxygen atoms in total. The molecule has 0 atom stereocenters. The number of carbonyl (C=O) groups excluding carboxylic acids is 1. The van der Waals surface area contributed by atoms with Crippen LogP contribution in [0.15, 0.2) is 48.9 Å². The van der Waals surface area contributed by atoms with Crippen molar-refractivity contribution in [1.82, 2.24) is 40.5 Å². The van der Waals surface area contributed by atoms with Crippen LogP contribution in [0.5, 0.6) is 0 Å². The Labute approximate surface area is 186 Å². The normalized spacial score (nSPS) is 11.0. The van der Waals surface area contributed by atoms with Crippen LogP contribution in [0.3, 0.4) is 0 Å². The average Bonchev–Trinajstić information content (AvgIpc) is 3.29. The smallest absolute Gasteiger partial charge is 0.253 e. The molecule has 0 unspecified atom stereocenters. The number of nitrogens with one attached hydrogen (secondary N) is 1. The van der Waals surface area contributed by atoms with Gasteiger partial charge in [-0.15, -0.1) is 5.10 Å². The van der Waals surface area contributed by atoms with Gasteiger partial charge in [0.15, 0.2) is 5.82 Å². The second kappa shape index (κ2) is 9.01. The molecular weight excluding hydrogens is 404 g/mol. The van der Waals surface area contributed by atoms with Gasteiger partial charge < -0.3 is 5.32 Å². The molecule has 1 aromatic carbocycles. The summed E-state index contributed by atoms with van der Waals surface area (Å²) in [5.74, 6) is 1.19. The molecule has 0 aliphatic heterocycles. The van der Waals surface area contributed by atoms with E-state index in [9.17, 15) is 4.79 Å². The number of hydrogen-bond donors (Lipinski definition) is 1. The van der Waals surface area contributed by atoms with Crippen molar-refractivity contribution < 1.29 is 4.79 Å². The maximum absolute atomic E-state index is 13.3. The largest absolute Gasteiger partial charge is 0.348 e. The zero-order valence-electron chi connectivity index (χ0n) is 18.4. The highest BCUT2D eigenvalue weighted by atomic mass is 16.1. The number of rotatable bonds is 6. The van der Waals surface area contributed by atoms with Crippen LogP contribution in [0.2, 0.25) is 0 Å². The molecular formula is C23H24N8O. The molecule has 0 fully saturated rings. The first-order valence-electron chi connectivity index (χ1n) is 10.3. The fourth-order valence-corrected chi connectivity index (χ4v) is 3.21. The van der Waals surface area contributed by atoms with Crippen LogP contribution >= 0.6 is 0 Å². The summed E-state index contributed by atoms with van der Waals surface area (Å²) in [6.07, 6.45) is 5.21. The Balaban J connectivity index is 1.72. The molecule has 4 aromatic rings.